The first-order chi connectivity index (χ1) is 8.32. The minimum atomic E-state index is -4.92. The molecule has 0 atom stereocenters. The van der Waals surface area contributed by atoms with Gasteiger partial charge in [0.1, 0.15) is 0 Å². The molecular weight excluding hydrogens is 323 g/mol. The molecule has 0 aliphatic rings. The van der Waals surface area contributed by atoms with Gasteiger partial charge < -0.3 is 0 Å². The minimum absolute atomic E-state index is 0.00186. The summed E-state index contributed by atoms with van der Waals surface area (Å²) in [6.07, 6.45) is -8.41. The molecule has 0 aliphatic heterocycles. The SMILES string of the molecule is N#CCc1c(CBr)ncc(C(F)(F)F)c1C(F)F. The second-order valence-corrected chi connectivity index (χ2v) is 3.84. The van der Waals surface area contributed by atoms with Crippen LogP contribution in [0.15, 0.2) is 6.20 Å². The molecular formula is C10H6BrF5N2. The van der Waals surface area contributed by atoms with Gasteiger partial charge in [0.2, 0.25) is 0 Å². The lowest BCUT2D eigenvalue weighted by Crippen LogP contribution is -2.14. The Hall–Kier alpha value is -1.23. The normalized spacial score (nSPS) is 11.7. The molecule has 0 fully saturated rings. The molecule has 98 valence electrons. The van der Waals surface area contributed by atoms with Crippen LogP contribution in [0.4, 0.5) is 22.0 Å². The fourth-order valence-corrected chi connectivity index (χ4v) is 1.96. The number of pyridine rings is 1. The van der Waals surface area contributed by atoms with Gasteiger partial charge in [-0.15, -0.1) is 0 Å². The third kappa shape index (κ3) is 2.96. The fraction of sp³-hybridized carbons (Fsp3) is 0.400. The van der Waals surface area contributed by atoms with Gasteiger partial charge >= 0.3 is 6.18 Å². The highest BCUT2D eigenvalue weighted by atomic mass is 79.9. The van der Waals surface area contributed by atoms with Gasteiger partial charge in [-0.3, -0.25) is 4.98 Å². The van der Waals surface area contributed by atoms with E-state index in [1.54, 1.807) is 6.07 Å². The number of hydrogen-bond donors (Lipinski definition) is 0. The van der Waals surface area contributed by atoms with Crippen molar-refractivity contribution in [1.82, 2.24) is 4.98 Å². The zero-order valence-electron chi connectivity index (χ0n) is 8.73. The van der Waals surface area contributed by atoms with Crippen molar-refractivity contribution < 1.29 is 22.0 Å². The number of aromatic nitrogens is 1. The fourth-order valence-electron chi connectivity index (χ4n) is 1.47. The summed E-state index contributed by atoms with van der Waals surface area (Å²) in [4.78, 5) is 3.47. The predicted octanol–water partition coefficient (Wildman–Crippen LogP) is 4.00. The van der Waals surface area contributed by atoms with E-state index in [0.717, 1.165) is 0 Å². The first kappa shape index (κ1) is 14.8. The molecule has 1 aromatic rings. The largest absolute Gasteiger partial charge is 0.418 e. The molecule has 0 aliphatic carbocycles. The Morgan fingerprint density at radius 1 is 1.39 bits per heavy atom. The van der Waals surface area contributed by atoms with E-state index >= 15 is 0 Å². The predicted molar refractivity (Wildman–Crippen MR) is 56.1 cm³/mol. The third-order valence-corrected chi connectivity index (χ3v) is 2.75. The molecule has 1 heterocycles. The molecule has 8 heteroatoms. The molecule has 0 N–H and O–H groups in total. The van der Waals surface area contributed by atoms with Crippen molar-refractivity contribution in [1.29, 1.82) is 5.26 Å². The molecule has 0 unspecified atom stereocenters. The van der Waals surface area contributed by atoms with Gasteiger partial charge in [-0.1, -0.05) is 15.9 Å². The average Bonchev–Trinajstić information content (AvgIpc) is 2.27. The number of halogens is 6. The standard InChI is InChI=1S/C10H6BrF5N2/c11-3-7-5(1-2-17)8(9(12)13)6(4-18-7)10(14,15)16/h4,9H,1,3H2. The maximum Gasteiger partial charge on any atom is 0.418 e. The monoisotopic (exact) mass is 328 g/mol. The smallest absolute Gasteiger partial charge is 0.259 e. The van der Waals surface area contributed by atoms with E-state index in [1.165, 1.54) is 0 Å². The lowest BCUT2D eigenvalue weighted by atomic mass is 9.99. The molecule has 0 spiro atoms. The van der Waals surface area contributed by atoms with Crippen molar-refractivity contribution >= 4 is 15.9 Å². The molecule has 0 aromatic carbocycles. The Morgan fingerprint density at radius 3 is 2.39 bits per heavy atom. The Labute approximate surface area is 108 Å². The van der Waals surface area contributed by atoms with E-state index in [9.17, 15) is 22.0 Å². The first-order valence-electron chi connectivity index (χ1n) is 4.61. The van der Waals surface area contributed by atoms with Crippen LogP contribution in [0.3, 0.4) is 0 Å². The van der Waals surface area contributed by atoms with Gasteiger partial charge in [-0.05, 0) is 5.56 Å². The molecule has 0 radical (unpaired) electrons. The van der Waals surface area contributed by atoms with E-state index in [0.29, 0.717) is 6.20 Å². The summed E-state index contributed by atoms with van der Waals surface area (Å²) < 4.78 is 63.4. The summed E-state index contributed by atoms with van der Waals surface area (Å²) >= 11 is 2.94. The highest BCUT2D eigenvalue weighted by molar-refractivity contribution is 9.08. The Bertz CT molecular complexity index is 478. The van der Waals surface area contributed by atoms with Crippen LogP contribution < -0.4 is 0 Å². The van der Waals surface area contributed by atoms with Gasteiger partial charge in [0.25, 0.3) is 6.43 Å². The van der Waals surface area contributed by atoms with Crippen LogP contribution in [0.1, 0.15) is 28.8 Å². The van der Waals surface area contributed by atoms with Crippen LogP contribution in [0, 0.1) is 11.3 Å². The first-order valence-corrected chi connectivity index (χ1v) is 5.74. The molecule has 0 bridgehead atoms. The number of nitrogens with zero attached hydrogens (tertiary/aromatic N) is 2. The average molecular weight is 329 g/mol. The molecule has 0 saturated heterocycles. The van der Waals surface area contributed by atoms with Crippen LogP contribution in [-0.4, -0.2) is 4.98 Å². The zero-order valence-corrected chi connectivity index (χ0v) is 10.3. The summed E-state index contributed by atoms with van der Waals surface area (Å²) in [6.45, 7) is 0. The van der Waals surface area contributed by atoms with Gasteiger partial charge in [0.05, 0.1) is 23.7 Å². The van der Waals surface area contributed by atoms with E-state index in [-0.39, 0.29) is 16.6 Å². The number of nitriles is 1. The molecule has 0 amide bonds. The number of alkyl halides is 6. The number of rotatable bonds is 3. The van der Waals surface area contributed by atoms with Crippen LogP contribution in [0.2, 0.25) is 0 Å². The van der Waals surface area contributed by atoms with E-state index in [2.05, 4.69) is 20.9 Å². The highest BCUT2D eigenvalue weighted by Gasteiger charge is 2.38. The second kappa shape index (κ2) is 5.61. The van der Waals surface area contributed by atoms with Crippen molar-refractivity contribution in [3.63, 3.8) is 0 Å². The zero-order chi connectivity index (χ0) is 13.9. The summed E-state index contributed by atoms with van der Waals surface area (Å²) in [5.41, 5.74) is -3.00. The lowest BCUT2D eigenvalue weighted by Gasteiger charge is -2.16. The summed E-state index contributed by atoms with van der Waals surface area (Å²) in [7, 11) is 0. The molecule has 18 heavy (non-hydrogen) atoms. The third-order valence-electron chi connectivity index (χ3n) is 2.22. The van der Waals surface area contributed by atoms with Crippen molar-refractivity contribution in [3.05, 3.63) is 28.6 Å². The highest BCUT2D eigenvalue weighted by Crippen LogP contribution is 2.38. The quantitative estimate of drug-likeness (QED) is 0.621. The Balaban J connectivity index is 3.58. The summed E-state index contributed by atoms with van der Waals surface area (Å²) in [6, 6.07) is 1.57. The van der Waals surface area contributed by atoms with Crippen molar-refractivity contribution in [3.8, 4) is 6.07 Å². The lowest BCUT2D eigenvalue weighted by molar-refractivity contribution is -0.139. The summed E-state index contributed by atoms with van der Waals surface area (Å²) in [5, 5.41) is 8.52. The van der Waals surface area contributed by atoms with Crippen molar-refractivity contribution in [2.24, 2.45) is 0 Å². The van der Waals surface area contributed by atoms with E-state index in [1.807, 2.05) is 0 Å². The molecule has 2 nitrogen and oxygen atoms in total. The number of hydrogen-bond acceptors (Lipinski definition) is 2. The summed E-state index contributed by atoms with van der Waals surface area (Å²) in [5.74, 6) is 0. The molecule has 1 rings (SSSR count). The van der Waals surface area contributed by atoms with Gasteiger partial charge in [0, 0.05) is 17.1 Å². The van der Waals surface area contributed by atoms with Gasteiger partial charge in [-0.25, -0.2) is 8.78 Å². The maximum atomic E-state index is 12.8. The van der Waals surface area contributed by atoms with E-state index < -0.39 is 30.1 Å². The van der Waals surface area contributed by atoms with E-state index in [4.69, 9.17) is 5.26 Å². The second-order valence-electron chi connectivity index (χ2n) is 3.28. The Kier molecular flexibility index (Phi) is 4.62. The van der Waals surface area contributed by atoms with Crippen molar-refractivity contribution in [2.45, 2.75) is 24.4 Å². The van der Waals surface area contributed by atoms with Crippen molar-refractivity contribution in [2.75, 3.05) is 0 Å². The maximum absolute atomic E-state index is 12.8. The van der Waals surface area contributed by atoms with Crippen LogP contribution in [-0.2, 0) is 17.9 Å². The van der Waals surface area contributed by atoms with Gasteiger partial charge in [0.15, 0.2) is 0 Å². The van der Waals surface area contributed by atoms with Crippen LogP contribution in [0.25, 0.3) is 0 Å². The molecule has 0 saturated carbocycles. The Morgan fingerprint density at radius 2 is 2.00 bits per heavy atom. The van der Waals surface area contributed by atoms with Gasteiger partial charge in [-0.2, -0.15) is 18.4 Å². The van der Waals surface area contributed by atoms with Crippen LogP contribution >= 0.6 is 15.9 Å². The topological polar surface area (TPSA) is 36.7 Å². The molecule has 1 aromatic heterocycles. The van der Waals surface area contributed by atoms with Crippen LogP contribution in [0.5, 0.6) is 0 Å². The minimum Gasteiger partial charge on any atom is -0.259 e.